The lowest BCUT2D eigenvalue weighted by atomic mass is 10.1. The van der Waals surface area contributed by atoms with E-state index in [1.807, 2.05) is 79.1 Å². The van der Waals surface area contributed by atoms with E-state index in [2.05, 4.69) is 26.7 Å². The topological polar surface area (TPSA) is 92.9 Å². The molecule has 0 bridgehead atoms. The van der Waals surface area contributed by atoms with Crippen LogP contribution in [0.4, 0.5) is 0 Å². The molecule has 0 atom stereocenters. The number of amides is 1. The lowest BCUT2D eigenvalue weighted by Gasteiger charge is -2.10. The highest BCUT2D eigenvalue weighted by Gasteiger charge is 2.13. The minimum atomic E-state index is -0.148. The van der Waals surface area contributed by atoms with E-state index in [-0.39, 0.29) is 12.5 Å². The van der Waals surface area contributed by atoms with Gasteiger partial charge in [0.25, 0.3) is 5.91 Å². The quantitative estimate of drug-likeness (QED) is 0.392. The Balaban J connectivity index is 1.30. The van der Waals surface area contributed by atoms with Gasteiger partial charge in [0.2, 0.25) is 0 Å². The monoisotopic (exact) mass is 449 g/mol. The van der Waals surface area contributed by atoms with Crippen LogP contribution in [0.5, 0.6) is 0 Å². The van der Waals surface area contributed by atoms with Crippen molar-refractivity contribution in [1.82, 2.24) is 25.3 Å². The number of aromatic nitrogens is 4. The van der Waals surface area contributed by atoms with Crippen LogP contribution in [0.3, 0.4) is 0 Å². The van der Waals surface area contributed by atoms with Crippen molar-refractivity contribution in [2.75, 3.05) is 0 Å². The molecule has 0 unspecified atom stereocenters. The molecule has 0 fully saturated rings. The van der Waals surface area contributed by atoms with Crippen molar-refractivity contribution in [1.29, 1.82) is 0 Å². The average molecular weight is 450 g/mol. The summed E-state index contributed by atoms with van der Waals surface area (Å²) in [7, 11) is 0. The normalized spacial score (nSPS) is 11.0. The Morgan fingerprint density at radius 2 is 1.76 bits per heavy atom. The summed E-state index contributed by atoms with van der Waals surface area (Å²) in [4.78, 5) is 17.1. The van der Waals surface area contributed by atoms with Gasteiger partial charge < -0.3 is 10.4 Å². The van der Waals surface area contributed by atoms with Crippen molar-refractivity contribution >= 4 is 16.7 Å². The van der Waals surface area contributed by atoms with Crippen molar-refractivity contribution in [2.24, 2.45) is 0 Å². The third-order valence-corrected chi connectivity index (χ3v) is 5.73. The number of aliphatic hydroxyl groups is 1. The van der Waals surface area contributed by atoms with Crippen LogP contribution in [0, 0.1) is 0 Å². The Bertz CT molecular complexity index is 1440. The van der Waals surface area contributed by atoms with Crippen LogP contribution in [0.1, 0.15) is 27.0 Å². The number of aliphatic hydroxyl groups excluding tert-OH is 1. The number of nitrogens with one attached hydrogen (secondary N) is 1. The van der Waals surface area contributed by atoms with Gasteiger partial charge in [-0.3, -0.25) is 9.78 Å². The van der Waals surface area contributed by atoms with Gasteiger partial charge in [0.15, 0.2) is 0 Å². The van der Waals surface area contributed by atoms with Crippen LogP contribution < -0.4 is 5.32 Å². The van der Waals surface area contributed by atoms with Crippen molar-refractivity contribution < 1.29 is 9.90 Å². The minimum absolute atomic E-state index is 0.00234. The second-order valence-electron chi connectivity index (χ2n) is 8.05. The highest BCUT2D eigenvalue weighted by molar-refractivity contribution is 5.95. The fraction of sp³-hybridized carbons (Fsp3) is 0.111. The zero-order chi connectivity index (χ0) is 23.3. The summed E-state index contributed by atoms with van der Waals surface area (Å²) in [6.07, 6.45) is 5.50. The summed E-state index contributed by atoms with van der Waals surface area (Å²) in [5.41, 5.74) is 5.01. The van der Waals surface area contributed by atoms with E-state index in [4.69, 9.17) is 0 Å². The summed E-state index contributed by atoms with van der Waals surface area (Å²) < 4.78 is 1.74. The van der Waals surface area contributed by atoms with E-state index in [1.165, 1.54) is 0 Å². The molecular weight excluding hydrogens is 426 g/mol. The molecule has 0 saturated carbocycles. The zero-order valence-corrected chi connectivity index (χ0v) is 18.4. The maximum atomic E-state index is 12.9. The Kier molecular flexibility index (Phi) is 6.09. The first kappa shape index (κ1) is 21.5. The van der Waals surface area contributed by atoms with Gasteiger partial charge in [0.05, 0.1) is 19.3 Å². The molecule has 2 heterocycles. The van der Waals surface area contributed by atoms with Crippen LogP contribution in [0.15, 0.2) is 91.4 Å². The van der Waals surface area contributed by atoms with E-state index < -0.39 is 0 Å². The van der Waals surface area contributed by atoms with E-state index in [0.717, 1.165) is 38.7 Å². The molecule has 2 N–H and O–H groups in total. The molecule has 0 spiro atoms. The summed E-state index contributed by atoms with van der Waals surface area (Å²) in [5.74, 6) is -0.148. The van der Waals surface area contributed by atoms with Gasteiger partial charge in [-0.2, -0.15) is 0 Å². The standard InChI is InChI=1S/C27H23N5O2/c33-18-20-7-5-19(6-8-20)14-29-27(34)25-4-2-1-3-24(25)16-32-17-26(30-31-32)22-9-10-23-15-28-12-11-21(23)13-22/h1-13,15,17,33H,14,16,18H2,(H,29,34). The lowest BCUT2D eigenvalue weighted by molar-refractivity contribution is 0.0949. The maximum Gasteiger partial charge on any atom is 0.251 e. The Morgan fingerprint density at radius 3 is 2.62 bits per heavy atom. The molecule has 7 nitrogen and oxygen atoms in total. The molecule has 0 saturated heterocycles. The van der Waals surface area contributed by atoms with Crippen LogP contribution in [-0.4, -0.2) is 31.0 Å². The molecular formula is C27H23N5O2. The summed E-state index contributed by atoms with van der Waals surface area (Å²) in [6, 6.07) is 23.1. The number of carbonyl (C=O) groups is 1. The molecule has 7 heteroatoms. The van der Waals surface area contributed by atoms with Crippen molar-refractivity contribution in [3.8, 4) is 11.3 Å². The number of rotatable bonds is 7. The van der Waals surface area contributed by atoms with Crippen LogP contribution in [0.25, 0.3) is 22.0 Å². The van der Waals surface area contributed by atoms with Crippen molar-refractivity contribution in [3.05, 3.63) is 114 Å². The average Bonchev–Trinajstić information content (AvgIpc) is 3.36. The predicted octanol–water partition coefficient (Wildman–Crippen LogP) is 3.96. The third kappa shape index (κ3) is 4.69. The smallest absolute Gasteiger partial charge is 0.251 e. The molecule has 5 aromatic rings. The Morgan fingerprint density at radius 1 is 0.941 bits per heavy atom. The highest BCUT2D eigenvalue weighted by atomic mass is 16.3. The summed E-state index contributed by atoms with van der Waals surface area (Å²) in [5, 5.41) is 22.9. The molecule has 1 amide bonds. The highest BCUT2D eigenvalue weighted by Crippen LogP contribution is 2.22. The molecule has 0 aliphatic heterocycles. The second kappa shape index (κ2) is 9.64. The first-order chi connectivity index (χ1) is 16.7. The number of hydrogen-bond acceptors (Lipinski definition) is 5. The van der Waals surface area contributed by atoms with Crippen LogP contribution >= 0.6 is 0 Å². The van der Waals surface area contributed by atoms with Crippen LogP contribution in [-0.2, 0) is 19.7 Å². The largest absolute Gasteiger partial charge is 0.392 e. The van der Waals surface area contributed by atoms with E-state index in [0.29, 0.717) is 18.7 Å². The van der Waals surface area contributed by atoms with E-state index >= 15 is 0 Å². The molecule has 0 aliphatic carbocycles. The predicted molar refractivity (Wildman–Crippen MR) is 130 cm³/mol. The number of nitrogens with zero attached hydrogens (tertiary/aromatic N) is 4. The number of hydrogen-bond donors (Lipinski definition) is 2. The van der Waals surface area contributed by atoms with Gasteiger partial charge in [-0.15, -0.1) is 5.10 Å². The maximum absolute atomic E-state index is 12.9. The van der Waals surface area contributed by atoms with Gasteiger partial charge in [-0.1, -0.05) is 59.8 Å². The lowest BCUT2D eigenvalue weighted by Crippen LogP contribution is -2.24. The minimum Gasteiger partial charge on any atom is -0.392 e. The first-order valence-corrected chi connectivity index (χ1v) is 11.0. The van der Waals surface area contributed by atoms with Crippen molar-refractivity contribution in [3.63, 3.8) is 0 Å². The summed E-state index contributed by atoms with van der Waals surface area (Å²) in [6.45, 7) is 0.839. The third-order valence-electron chi connectivity index (χ3n) is 5.73. The number of pyridine rings is 1. The van der Waals surface area contributed by atoms with Crippen molar-refractivity contribution in [2.45, 2.75) is 19.7 Å². The fourth-order valence-electron chi connectivity index (χ4n) is 3.84. The number of fused-ring (bicyclic) bond motifs is 1. The first-order valence-electron chi connectivity index (χ1n) is 11.0. The second-order valence-corrected chi connectivity index (χ2v) is 8.05. The molecule has 34 heavy (non-hydrogen) atoms. The fourth-order valence-corrected chi connectivity index (χ4v) is 3.84. The van der Waals surface area contributed by atoms with Crippen LogP contribution in [0.2, 0.25) is 0 Å². The van der Waals surface area contributed by atoms with Gasteiger partial charge in [-0.25, -0.2) is 4.68 Å². The molecule has 0 radical (unpaired) electrons. The van der Waals surface area contributed by atoms with Gasteiger partial charge in [-0.05, 0) is 40.3 Å². The molecule has 2 aromatic heterocycles. The van der Waals surface area contributed by atoms with Gasteiger partial charge in [0.1, 0.15) is 5.69 Å². The van der Waals surface area contributed by atoms with Gasteiger partial charge in [0, 0.05) is 35.5 Å². The number of carbonyl (C=O) groups excluding carboxylic acids is 1. The van der Waals surface area contributed by atoms with E-state index in [9.17, 15) is 9.90 Å². The molecule has 0 aliphatic rings. The Labute approximate surface area is 196 Å². The molecule has 3 aromatic carbocycles. The molecule has 5 rings (SSSR count). The molecule has 168 valence electrons. The zero-order valence-electron chi connectivity index (χ0n) is 18.4. The van der Waals surface area contributed by atoms with Gasteiger partial charge >= 0.3 is 0 Å². The van der Waals surface area contributed by atoms with E-state index in [1.54, 1.807) is 10.9 Å². The number of benzene rings is 3. The SMILES string of the molecule is O=C(NCc1ccc(CO)cc1)c1ccccc1Cn1cc(-c2ccc3cnccc3c2)nn1. The summed E-state index contributed by atoms with van der Waals surface area (Å²) >= 11 is 0. The Hall–Kier alpha value is -4.36.